The van der Waals surface area contributed by atoms with Crippen LogP contribution in [0.5, 0.6) is 0 Å². The lowest BCUT2D eigenvalue weighted by molar-refractivity contribution is -0.142. The molecular formula is C15H16BrNO3. The molecule has 4 nitrogen and oxygen atoms in total. The van der Waals surface area contributed by atoms with Crippen LogP contribution in [-0.2, 0) is 15.0 Å². The van der Waals surface area contributed by atoms with Crippen molar-refractivity contribution in [1.82, 2.24) is 5.32 Å². The van der Waals surface area contributed by atoms with Crippen molar-refractivity contribution in [2.45, 2.75) is 37.1 Å². The van der Waals surface area contributed by atoms with E-state index in [2.05, 4.69) is 21.2 Å². The van der Waals surface area contributed by atoms with Gasteiger partial charge in [0.25, 0.3) is 0 Å². The third kappa shape index (κ3) is 2.46. The number of hydrogen-bond donors (Lipinski definition) is 2. The van der Waals surface area contributed by atoms with E-state index in [0.717, 1.165) is 35.7 Å². The lowest BCUT2D eigenvalue weighted by Gasteiger charge is -2.20. The average molecular weight is 338 g/mol. The summed E-state index contributed by atoms with van der Waals surface area (Å²) in [6, 6.07) is 6.97. The van der Waals surface area contributed by atoms with Gasteiger partial charge in [0, 0.05) is 4.47 Å². The monoisotopic (exact) mass is 337 g/mol. The number of halogens is 1. The fourth-order valence-corrected chi connectivity index (χ4v) is 2.90. The molecule has 5 heteroatoms. The number of hydrogen-bond acceptors (Lipinski definition) is 2. The lowest BCUT2D eigenvalue weighted by atomic mass is 9.94. The Morgan fingerprint density at radius 1 is 1.25 bits per heavy atom. The summed E-state index contributed by atoms with van der Waals surface area (Å²) < 4.78 is 0.971. The Hall–Kier alpha value is -1.36. The van der Waals surface area contributed by atoms with Crippen LogP contribution >= 0.6 is 15.9 Å². The predicted molar refractivity (Wildman–Crippen MR) is 77.3 cm³/mol. The zero-order chi connectivity index (χ0) is 14.3. The third-order valence-corrected chi connectivity index (χ3v) is 4.76. The molecule has 0 radical (unpaired) electrons. The van der Waals surface area contributed by atoms with Gasteiger partial charge in [0.1, 0.15) is 6.04 Å². The summed E-state index contributed by atoms with van der Waals surface area (Å²) in [4.78, 5) is 23.7. The highest BCUT2D eigenvalue weighted by Crippen LogP contribution is 2.49. The van der Waals surface area contributed by atoms with Gasteiger partial charge in [-0.15, -0.1) is 0 Å². The quantitative estimate of drug-likeness (QED) is 0.867. The van der Waals surface area contributed by atoms with Crippen LogP contribution in [0.3, 0.4) is 0 Å². The number of carbonyl (C=O) groups excluding carboxylic acids is 1. The highest BCUT2D eigenvalue weighted by Gasteiger charge is 2.52. The zero-order valence-electron chi connectivity index (χ0n) is 10.9. The van der Waals surface area contributed by atoms with Crippen molar-refractivity contribution in [3.8, 4) is 0 Å². The number of rotatable bonds is 5. The second-order valence-corrected chi connectivity index (χ2v) is 6.63. The topological polar surface area (TPSA) is 66.4 Å². The van der Waals surface area contributed by atoms with Crippen LogP contribution in [0.2, 0.25) is 0 Å². The molecule has 1 aromatic rings. The van der Waals surface area contributed by atoms with Gasteiger partial charge >= 0.3 is 5.97 Å². The summed E-state index contributed by atoms with van der Waals surface area (Å²) in [5.74, 6) is -0.955. The Morgan fingerprint density at radius 3 is 2.30 bits per heavy atom. The summed E-state index contributed by atoms with van der Waals surface area (Å²) in [5, 5.41) is 11.9. The molecule has 0 spiro atoms. The highest BCUT2D eigenvalue weighted by molar-refractivity contribution is 9.10. The van der Waals surface area contributed by atoms with Crippen LogP contribution in [0.25, 0.3) is 0 Å². The van der Waals surface area contributed by atoms with Crippen LogP contribution in [0.1, 0.15) is 31.2 Å². The molecule has 0 bridgehead atoms. The molecule has 1 unspecified atom stereocenters. The maximum Gasteiger partial charge on any atom is 0.326 e. The van der Waals surface area contributed by atoms with Gasteiger partial charge in [0.2, 0.25) is 5.91 Å². The number of benzene rings is 1. The van der Waals surface area contributed by atoms with E-state index in [4.69, 9.17) is 0 Å². The first-order valence-electron chi connectivity index (χ1n) is 6.83. The normalized spacial score (nSPS) is 21.1. The van der Waals surface area contributed by atoms with E-state index < -0.39 is 17.4 Å². The Kier molecular flexibility index (Phi) is 3.32. The molecular weight excluding hydrogens is 322 g/mol. The van der Waals surface area contributed by atoms with Gasteiger partial charge in [-0.1, -0.05) is 28.1 Å². The fourth-order valence-electron chi connectivity index (χ4n) is 2.63. The van der Waals surface area contributed by atoms with E-state index in [-0.39, 0.29) is 11.8 Å². The largest absolute Gasteiger partial charge is 0.480 e. The van der Waals surface area contributed by atoms with Gasteiger partial charge in [0.05, 0.1) is 5.41 Å². The minimum Gasteiger partial charge on any atom is -0.480 e. The summed E-state index contributed by atoms with van der Waals surface area (Å²) in [5.41, 5.74) is 0.460. The van der Waals surface area contributed by atoms with Crippen LogP contribution < -0.4 is 5.32 Å². The second kappa shape index (κ2) is 4.88. The zero-order valence-corrected chi connectivity index (χ0v) is 12.5. The van der Waals surface area contributed by atoms with Gasteiger partial charge in [-0.05, 0) is 49.3 Å². The van der Waals surface area contributed by atoms with Gasteiger partial charge in [-0.25, -0.2) is 4.79 Å². The van der Waals surface area contributed by atoms with Crippen molar-refractivity contribution in [3.05, 3.63) is 34.3 Å². The molecule has 1 atom stereocenters. The average Bonchev–Trinajstić information content (AvgIpc) is 3.27. The molecule has 2 aliphatic carbocycles. The van der Waals surface area contributed by atoms with Crippen LogP contribution in [0.4, 0.5) is 0 Å². The van der Waals surface area contributed by atoms with E-state index in [1.165, 1.54) is 0 Å². The molecule has 0 saturated heterocycles. The first kappa shape index (κ1) is 13.6. The van der Waals surface area contributed by atoms with E-state index in [1.54, 1.807) is 0 Å². The van der Waals surface area contributed by atoms with Crippen molar-refractivity contribution in [3.63, 3.8) is 0 Å². The van der Waals surface area contributed by atoms with E-state index in [0.29, 0.717) is 0 Å². The van der Waals surface area contributed by atoms with E-state index >= 15 is 0 Å². The van der Waals surface area contributed by atoms with Gasteiger partial charge in [-0.2, -0.15) is 0 Å². The lowest BCUT2D eigenvalue weighted by Crippen LogP contribution is -2.46. The maximum atomic E-state index is 12.5. The molecule has 2 N–H and O–H groups in total. The number of amides is 1. The van der Waals surface area contributed by atoms with Crippen molar-refractivity contribution < 1.29 is 14.7 Å². The molecule has 20 heavy (non-hydrogen) atoms. The second-order valence-electron chi connectivity index (χ2n) is 5.72. The summed E-state index contributed by atoms with van der Waals surface area (Å²) in [7, 11) is 0. The van der Waals surface area contributed by atoms with Crippen LogP contribution in [-0.4, -0.2) is 23.0 Å². The minimum atomic E-state index is -0.924. The first-order valence-corrected chi connectivity index (χ1v) is 7.62. The van der Waals surface area contributed by atoms with Crippen molar-refractivity contribution in [2.75, 3.05) is 0 Å². The predicted octanol–water partition coefficient (Wildman–Crippen LogP) is 2.46. The Balaban J connectivity index is 1.76. The molecule has 1 amide bonds. The first-order chi connectivity index (χ1) is 9.53. The Labute approximate surface area is 125 Å². The third-order valence-electron chi connectivity index (χ3n) is 4.23. The summed E-state index contributed by atoms with van der Waals surface area (Å²) in [6.07, 6.45) is 3.36. The molecule has 0 heterocycles. The highest BCUT2D eigenvalue weighted by atomic mass is 79.9. The molecule has 106 valence electrons. The standard InChI is InChI=1S/C15H16BrNO3/c16-11-5-3-10(4-6-11)15(7-8-15)14(20)17-12(13(18)19)9-1-2-9/h3-6,9,12H,1-2,7-8H2,(H,17,20)(H,18,19). The van der Waals surface area contributed by atoms with Crippen molar-refractivity contribution in [2.24, 2.45) is 5.92 Å². The van der Waals surface area contributed by atoms with Gasteiger partial charge < -0.3 is 10.4 Å². The SMILES string of the molecule is O=C(O)C(NC(=O)C1(c2ccc(Br)cc2)CC1)C1CC1. The Morgan fingerprint density at radius 2 is 1.85 bits per heavy atom. The maximum absolute atomic E-state index is 12.5. The number of carboxylic acids is 1. The fraction of sp³-hybridized carbons (Fsp3) is 0.467. The van der Waals surface area contributed by atoms with Gasteiger partial charge in [-0.3, -0.25) is 4.79 Å². The number of aliphatic carboxylic acids is 1. The Bertz CT molecular complexity index is 547. The minimum absolute atomic E-state index is 0.108. The molecule has 2 saturated carbocycles. The number of carboxylic acid groups (broad SMARTS) is 1. The smallest absolute Gasteiger partial charge is 0.326 e. The molecule has 0 aliphatic heterocycles. The van der Waals surface area contributed by atoms with Crippen LogP contribution in [0.15, 0.2) is 28.7 Å². The number of nitrogens with one attached hydrogen (secondary N) is 1. The van der Waals surface area contributed by atoms with E-state index in [1.807, 2.05) is 24.3 Å². The molecule has 3 rings (SSSR count). The summed E-state index contributed by atoms with van der Waals surface area (Å²) >= 11 is 3.38. The molecule has 0 aromatic heterocycles. The van der Waals surface area contributed by atoms with E-state index in [9.17, 15) is 14.7 Å². The summed E-state index contributed by atoms with van der Waals surface area (Å²) in [6.45, 7) is 0. The molecule has 2 fully saturated rings. The van der Waals surface area contributed by atoms with Crippen molar-refractivity contribution in [1.29, 1.82) is 0 Å². The molecule has 1 aromatic carbocycles. The number of carbonyl (C=O) groups is 2. The molecule has 2 aliphatic rings. The van der Waals surface area contributed by atoms with Crippen LogP contribution in [0, 0.1) is 5.92 Å². The van der Waals surface area contributed by atoms with Crippen molar-refractivity contribution >= 4 is 27.8 Å². The van der Waals surface area contributed by atoms with Gasteiger partial charge in [0.15, 0.2) is 0 Å².